The van der Waals surface area contributed by atoms with Crippen molar-refractivity contribution in [1.82, 2.24) is 9.88 Å². The summed E-state index contributed by atoms with van der Waals surface area (Å²) in [6.07, 6.45) is 0.267. The van der Waals surface area contributed by atoms with Crippen molar-refractivity contribution in [1.29, 1.82) is 0 Å². The number of amides is 1. The smallest absolute Gasteiger partial charge is 0.273 e. The van der Waals surface area contributed by atoms with Crippen LogP contribution in [-0.2, 0) is 16.0 Å². The van der Waals surface area contributed by atoms with E-state index in [4.69, 9.17) is 19.2 Å². The van der Waals surface area contributed by atoms with Crippen LogP contribution in [0.1, 0.15) is 12.5 Å². The molecule has 1 unspecified atom stereocenters. The van der Waals surface area contributed by atoms with Crippen LogP contribution >= 0.6 is 11.3 Å². The average Bonchev–Trinajstić information content (AvgIpc) is 3.27. The number of hydrogen-bond donors (Lipinski definition) is 0. The molecule has 1 saturated heterocycles. The topological polar surface area (TPSA) is 64.1 Å². The van der Waals surface area contributed by atoms with Gasteiger partial charge in [0, 0.05) is 26.2 Å². The Kier molecular flexibility index (Phi) is 6.25. The molecular weight excluding hydrogens is 426 g/mol. The van der Waals surface area contributed by atoms with Gasteiger partial charge in [0.15, 0.2) is 16.6 Å². The highest BCUT2D eigenvalue weighted by atomic mass is 32.1. The number of aromatic nitrogens is 1. The first kappa shape index (κ1) is 21.2. The number of para-hydroxylation sites is 2. The standard InChI is InChI=1S/C24H27N3O4S/c1-2-17-7-8-18-22(15-17)32-24(25-18)27(10-9-26-11-13-29-14-12-26)23(28)21-16-30-19-5-3-4-6-20(19)31-21/h3-8,15,21H,2,9-14,16H2,1H3. The van der Waals surface area contributed by atoms with Crippen molar-refractivity contribution >= 4 is 32.6 Å². The maximum absolute atomic E-state index is 13.6. The first-order valence-corrected chi connectivity index (χ1v) is 11.9. The number of carbonyl (C=O) groups is 1. The van der Waals surface area contributed by atoms with Gasteiger partial charge in [0.2, 0.25) is 6.10 Å². The number of carbonyl (C=O) groups excluding carboxylic acids is 1. The molecule has 0 bridgehead atoms. The molecule has 0 radical (unpaired) electrons. The average molecular weight is 454 g/mol. The number of rotatable bonds is 6. The zero-order chi connectivity index (χ0) is 21.9. The third-order valence-electron chi connectivity index (χ3n) is 5.87. The molecule has 7 nitrogen and oxygen atoms in total. The molecular formula is C24H27N3O4S. The van der Waals surface area contributed by atoms with E-state index in [1.165, 1.54) is 5.56 Å². The summed E-state index contributed by atoms with van der Waals surface area (Å²) in [4.78, 5) is 22.5. The summed E-state index contributed by atoms with van der Waals surface area (Å²) >= 11 is 1.55. The van der Waals surface area contributed by atoms with Gasteiger partial charge in [-0.2, -0.15) is 0 Å². The van der Waals surface area contributed by atoms with Crippen LogP contribution in [0.4, 0.5) is 5.13 Å². The zero-order valence-corrected chi connectivity index (χ0v) is 19.0. The molecule has 2 aliphatic rings. The Bertz CT molecular complexity index is 1100. The van der Waals surface area contributed by atoms with Gasteiger partial charge in [0.05, 0.1) is 23.4 Å². The molecule has 168 valence electrons. The fourth-order valence-corrected chi connectivity index (χ4v) is 5.03. The Morgan fingerprint density at radius 1 is 1.19 bits per heavy atom. The number of benzene rings is 2. The number of nitrogens with zero attached hydrogens (tertiary/aromatic N) is 3. The number of hydrogen-bond acceptors (Lipinski definition) is 7. The fraction of sp³-hybridized carbons (Fsp3) is 0.417. The van der Waals surface area contributed by atoms with Gasteiger partial charge in [-0.25, -0.2) is 4.98 Å². The van der Waals surface area contributed by atoms with E-state index in [0.29, 0.717) is 23.2 Å². The van der Waals surface area contributed by atoms with Gasteiger partial charge >= 0.3 is 0 Å². The lowest BCUT2D eigenvalue weighted by Crippen LogP contribution is -2.49. The van der Waals surface area contributed by atoms with Crippen LogP contribution < -0.4 is 14.4 Å². The van der Waals surface area contributed by atoms with Crippen LogP contribution in [-0.4, -0.2) is 67.9 Å². The van der Waals surface area contributed by atoms with E-state index in [1.54, 1.807) is 16.2 Å². The van der Waals surface area contributed by atoms with E-state index in [-0.39, 0.29) is 12.5 Å². The highest BCUT2D eigenvalue weighted by molar-refractivity contribution is 7.22. The van der Waals surface area contributed by atoms with E-state index in [2.05, 4.69) is 24.0 Å². The Morgan fingerprint density at radius 2 is 2.00 bits per heavy atom. The van der Waals surface area contributed by atoms with Crippen molar-refractivity contribution in [2.45, 2.75) is 19.4 Å². The lowest BCUT2D eigenvalue weighted by Gasteiger charge is -2.32. The Labute approximate surface area is 191 Å². The van der Waals surface area contributed by atoms with E-state index >= 15 is 0 Å². The SMILES string of the molecule is CCc1ccc2nc(N(CCN3CCOCC3)C(=O)C3COc4ccccc4O3)sc2c1. The number of thiazole rings is 1. The second kappa shape index (κ2) is 9.44. The van der Waals surface area contributed by atoms with Crippen LogP contribution in [0, 0.1) is 0 Å². The molecule has 0 aliphatic carbocycles. The number of anilines is 1. The number of fused-ring (bicyclic) bond motifs is 2. The second-order valence-corrected chi connectivity index (χ2v) is 8.97. The summed E-state index contributed by atoms with van der Waals surface area (Å²) in [6.45, 7) is 6.83. The van der Waals surface area contributed by atoms with E-state index in [0.717, 1.165) is 49.5 Å². The van der Waals surface area contributed by atoms with Gasteiger partial charge in [0.25, 0.3) is 5.91 Å². The first-order chi connectivity index (χ1) is 15.7. The number of morpholine rings is 1. The minimum atomic E-state index is -0.701. The maximum atomic E-state index is 13.6. The Balaban J connectivity index is 1.40. The molecule has 32 heavy (non-hydrogen) atoms. The molecule has 3 aromatic rings. The second-order valence-electron chi connectivity index (χ2n) is 7.96. The molecule has 0 spiro atoms. The Hall–Kier alpha value is -2.68. The monoisotopic (exact) mass is 453 g/mol. The van der Waals surface area contributed by atoms with Gasteiger partial charge in [0.1, 0.15) is 6.61 Å². The lowest BCUT2D eigenvalue weighted by molar-refractivity contribution is -0.127. The highest BCUT2D eigenvalue weighted by Gasteiger charge is 2.33. The predicted molar refractivity (Wildman–Crippen MR) is 125 cm³/mol. The molecule has 3 heterocycles. The van der Waals surface area contributed by atoms with E-state index in [9.17, 15) is 4.79 Å². The summed E-state index contributed by atoms with van der Waals surface area (Å²) in [6, 6.07) is 13.8. The van der Waals surface area contributed by atoms with Crippen molar-refractivity contribution in [2.75, 3.05) is 50.9 Å². The summed E-state index contributed by atoms with van der Waals surface area (Å²) in [5.41, 5.74) is 2.18. The van der Waals surface area contributed by atoms with Crippen LogP contribution in [0.3, 0.4) is 0 Å². The summed E-state index contributed by atoms with van der Waals surface area (Å²) in [7, 11) is 0. The van der Waals surface area contributed by atoms with Crippen LogP contribution in [0.5, 0.6) is 11.5 Å². The van der Waals surface area contributed by atoms with Crippen LogP contribution in [0.15, 0.2) is 42.5 Å². The summed E-state index contributed by atoms with van der Waals surface area (Å²) < 4.78 is 18.4. The molecule has 0 saturated carbocycles. The predicted octanol–water partition coefficient (Wildman–Crippen LogP) is 3.36. The number of ether oxygens (including phenoxy) is 3. The van der Waals surface area contributed by atoms with Gasteiger partial charge in [-0.1, -0.05) is 36.5 Å². The van der Waals surface area contributed by atoms with Crippen molar-refractivity contribution < 1.29 is 19.0 Å². The van der Waals surface area contributed by atoms with Crippen molar-refractivity contribution in [2.24, 2.45) is 0 Å². The van der Waals surface area contributed by atoms with Gasteiger partial charge in [-0.05, 0) is 36.2 Å². The minimum Gasteiger partial charge on any atom is -0.485 e. The summed E-state index contributed by atoms with van der Waals surface area (Å²) in [5, 5.41) is 0.703. The zero-order valence-electron chi connectivity index (χ0n) is 18.2. The molecule has 2 aliphatic heterocycles. The van der Waals surface area contributed by atoms with Crippen molar-refractivity contribution in [3.63, 3.8) is 0 Å². The molecule has 1 aromatic heterocycles. The minimum absolute atomic E-state index is 0.123. The van der Waals surface area contributed by atoms with Gasteiger partial charge in [-0.3, -0.25) is 14.6 Å². The van der Waals surface area contributed by atoms with Crippen molar-refractivity contribution in [3.05, 3.63) is 48.0 Å². The quantitative estimate of drug-likeness (QED) is 0.570. The molecule has 1 amide bonds. The fourth-order valence-electron chi connectivity index (χ4n) is 3.97. The molecule has 1 atom stereocenters. The number of aryl methyl sites for hydroxylation is 1. The van der Waals surface area contributed by atoms with Crippen LogP contribution in [0.25, 0.3) is 10.2 Å². The molecule has 0 N–H and O–H groups in total. The highest BCUT2D eigenvalue weighted by Crippen LogP contribution is 2.34. The normalized spacial score (nSPS) is 18.6. The molecule has 2 aromatic carbocycles. The van der Waals surface area contributed by atoms with Gasteiger partial charge in [-0.15, -0.1) is 0 Å². The van der Waals surface area contributed by atoms with E-state index < -0.39 is 6.10 Å². The molecule has 1 fully saturated rings. The third-order valence-corrected chi connectivity index (χ3v) is 6.92. The molecule has 8 heteroatoms. The maximum Gasteiger partial charge on any atom is 0.273 e. The lowest BCUT2D eigenvalue weighted by atomic mass is 10.2. The van der Waals surface area contributed by atoms with Crippen LogP contribution in [0.2, 0.25) is 0 Å². The van der Waals surface area contributed by atoms with E-state index in [1.807, 2.05) is 30.3 Å². The van der Waals surface area contributed by atoms with Crippen molar-refractivity contribution in [3.8, 4) is 11.5 Å². The molecule has 5 rings (SSSR count). The van der Waals surface area contributed by atoms with Gasteiger partial charge < -0.3 is 14.2 Å². The first-order valence-electron chi connectivity index (χ1n) is 11.1. The Morgan fingerprint density at radius 3 is 2.81 bits per heavy atom. The largest absolute Gasteiger partial charge is 0.485 e. The third kappa shape index (κ3) is 4.44. The summed E-state index contributed by atoms with van der Waals surface area (Å²) in [5.74, 6) is 1.15.